The van der Waals surface area contributed by atoms with E-state index in [1.807, 2.05) is 6.20 Å². The fourth-order valence-electron chi connectivity index (χ4n) is 2.09. The van der Waals surface area contributed by atoms with Crippen LogP contribution in [0.5, 0.6) is 0 Å². The summed E-state index contributed by atoms with van der Waals surface area (Å²) in [6.07, 6.45) is 4.46. The van der Waals surface area contributed by atoms with E-state index in [0.717, 1.165) is 0 Å². The molecule has 1 heteroatoms. The topological polar surface area (TPSA) is 15.8 Å². The number of aromatic amines is 1. The van der Waals surface area contributed by atoms with Crippen molar-refractivity contribution in [3.63, 3.8) is 0 Å². The molecular formula is C13H17N. The summed E-state index contributed by atoms with van der Waals surface area (Å²) in [5.74, 6) is 0.717. The van der Waals surface area contributed by atoms with Crippen LogP contribution in [-0.4, -0.2) is 4.98 Å². The summed E-state index contributed by atoms with van der Waals surface area (Å²) in [5.41, 5.74) is 2.71. The first-order chi connectivity index (χ1) is 6.85. The van der Waals surface area contributed by atoms with E-state index in [9.17, 15) is 0 Å². The lowest BCUT2D eigenvalue weighted by Gasteiger charge is -2.12. The maximum atomic E-state index is 3.22. The van der Waals surface area contributed by atoms with E-state index in [-0.39, 0.29) is 0 Å². The Morgan fingerprint density at radius 3 is 2.64 bits per heavy atom. The molecule has 1 N–H and O–H groups in total. The minimum atomic E-state index is 0.717. The van der Waals surface area contributed by atoms with Crippen molar-refractivity contribution < 1.29 is 0 Å². The van der Waals surface area contributed by atoms with Gasteiger partial charge in [0.05, 0.1) is 0 Å². The average molecular weight is 187 g/mol. The molecule has 14 heavy (non-hydrogen) atoms. The van der Waals surface area contributed by atoms with Crippen molar-refractivity contribution in [2.24, 2.45) is 0 Å². The molecule has 74 valence electrons. The molecule has 0 aliphatic rings. The van der Waals surface area contributed by atoms with Gasteiger partial charge in [-0.25, -0.2) is 0 Å². The number of aromatic nitrogens is 1. The van der Waals surface area contributed by atoms with Gasteiger partial charge < -0.3 is 4.98 Å². The van der Waals surface area contributed by atoms with Crippen molar-refractivity contribution in [3.05, 3.63) is 36.0 Å². The highest BCUT2D eigenvalue weighted by Gasteiger charge is 2.07. The fourth-order valence-corrected chi connectivity index (χ4v) is 2.09. The van der Waals surface area contributed by atoms with E-state index < -0.39 is 0 Å². The van der Waals surface area contributed by atoms with E-state index >= 15 is 0 Å². The molecule has 2 rings (SSSR count). The standard InChI is InChI=1S/C13H17N/c1-3-10(4-2)11-5-6-13-12(9-11)7-8-14-13/h5-10,14H,3-4H2,1-2H3. The van der Waals surface area contributed by atoms with Crippen molar-refractivity contribution >= 4 is 10.9 Å². The highest BCUT2D eigenvalue weighted by molar-refractivity contribution is 5.80. The second-order valence-electron chi connectivity index (χ2n) is 3.84. The first-order valence-corrected chi connectivity index (χ1v) is 5.42. The van der Waals surface area contributed by atoms with Crippen LogP contribution in [0.3, 0.4) is 0 Å². The average Bonchev–Trinajstić information content (AvgIpc) is 2.66. The number of fused-ring (bicyclic) bond motifs is 1. The molecule has 0 spiro atoms. The molecule has 0 unspecified atom stereocenters. The van der Waals surface area contributed by atoms with Crippen LogP contribution in [0.15, 0.2) is 30.5 Å². The van der Waals surface area contributed by atoms with Gasteiger partial charge in [0.15, 0.2) is 0 Å². The van der Waals surface area contributed by atoms with Gasteiger partial charge in [0.25, 0.3) is 0 Å². The second-order valence-corrected chi connectivity index (χ2v) is 3.84. The van der Waals surface area contributed by atoms with E-state index in [2.05, 4.69) is 43.1 Å². The van der Waals surface area contributed by atoms with Crippen molar-refractivity contribution in [1.29, 1.82) is 0 Å². The Labute approximate surface area is 85.1 Å². The molecule has 2 aromatic rings. The van der Waals surface area contributed by atoms with Crippen LogP contribution in [0, 0.1) is 0 Å². The third-order valence-electron chi connectivity index (χ3n) is 3.03. The normalized spacial score (nSPS) is 11.4. The summed E-state index contributed by atoms with van der Waals surface area (Å²) in [6, 6.07) is 8.88. The lowest BCUT2D eigenvalue weighted by Crippen LogP contribution is -1.94. The Morgan fingerprint density at radius 1 is 1.14 bits per heavy atom. The van der Waals surface area contributed by atoms with Crippen LogP contribution in [0.2, 0.25) is 0 Å². The molecule has 0 fully saturated rings. The van der Waals surface area contributed by atoms with Gasteiger partial charge in [-0.2, -0.15) is 0 Å². The van der Waals surface area contributed by atoms with Crippen LogP contribution in [0.25, 0.3) is 10.9 Å². The predicted octanol–water partition coefficient (Wildman–Crippen LogP) is 4.07. The van der Waals surface area contributed by atoms with Crippen LogP contribution < -0.4 is 0 Å². The monoisotopic (exact) mass is 187 g/mol. The quantitative estimate of drug-likeness (QED) is 0.745. The van der Waals surface area contributed by atoms with E-state index in [1.165, 1.54) is 29.3 Å². The minimum absolute atomic E-state index is 0.717. The van der Waals surface area contributed by atoms with E-state index in [4.69, 9.17) is 0 Å². The summed E-state index contributed by atoms with van der Waals surface area (Å²) in [7, 11) is 0. The summed E-state index contributed by atoms with van der Waals surface area (Å²) in [6.45, 7) is 4.52. The number of hydrogen-bond donors (Lipinski definition) is 1. The van der Waals surface area contributed by atoms with Gasteiger partial charge in [0.2, 0.25) is 0 Å². The Hall–Kier alpha value is -1.24. The van der Waals surface area contributed by atoms with Crippen molar-refractivity contribution in [1.82, 2.24) is 4.98 Å². The third-order valence-corrected chi connectivity index (χ3v) is 3.03. The smallest absolute Gasteiger partial charge is 0.0454 e. The van der Waals surface area contributed by atoms with Gasteiger partial charge in [-0.05, 0) is 47.9 Å². The summed E-state index contributed by atoms with van der Waals surface area (Å²) >= 11 is 0. The Bertz CT molecular complexity index is 410. The molecule has 0 saturated carbocycles. The highest BCUT2D eigenvalue weighted by atomic mass is 14.7. The molecule has 0 bridgehead atoms. The molecule has 1 aromatic heterocycles. The third kappa shape index (κ3) is 1.54. The van der Waals surface area contributed by atoms with Gasteiger partial charge in [0, 0.05) is 11.7 Å². The van der Waals surface area contributed by atoms with Gasteiger partial charge in [-0.1, -0.05) is 19.9 Å². The molecule has 0 radical (unpaired) electrons. The first-order valence-electron chi connectivity index (χ1n) is 5.42. The second kappa shape index (κ2) is 3.87. The summed E-state index contributed by atoms with van der Waals surface area (Å²) < 4.78 is 0. The Balaban J connectivity index is 2.42. The predicted molar refractivity (Wildman–Crippen MR) is 61.6 cm³/mol. The molecule has 0 aliphatic heterocycles. The number of hydrogen-bond acceptors (Lipinski definition) is 0. The van der Waals surface area contributed by atoms with Gasteiger partial charge >= 0.3 is 0 Å². The van der Waals surface area contributed by atoms with E-state index in [0.29, 0.717) is 5.92 Å². The SMILES string of the molecule is CCC(CC)c1ccc2[nH]ccc2c1. The lowest BCUT2D eigenvalue weighted by atomic mass is 9.93. The van der Waals surface area contributed by atoms with Crippen molar-refractivity contribution in [2.75, 3.05) is 0 Å². The summed E-state index contributed by atoms with van der Waals surface area (Å²) in [4.78, 5) is 3.22. The molecule has 0 aliphatic carbocycles. The van der Waals surface area contributed by atoms with Crippen molar-refractivity contribution in [3.8, 4) is 0 Å². The Morgan fingerprint density at radius 2 is 1.93 bits per heavy atom. The Kier molecular flexibility index (Phi) is 2.58. The van der Waals surface area contributed by atoms with Gasteiger partial charge in [0.1, 0.15) is 0 Å². The van der Waals surface area contributed by atoms with Crippen LogP contribution in [0.1, 0.15) is 38.2 Å². The zero-order valence-corrected chi connectivity index (χ0v) is 8.88. The zero-order valence-electron chi connectivity index (χ0n) is 8.88. The molecule has 0 atom stereocenters. The largest absolute Gasteiger partial charge is 0.361 e. The minimum Gasteiger partial charge on any atom is -0.361 e. The first kappa shape index (κ1) is 9.32. The number of nitrogens with one attached hydrogen (secondary N) is 1. The molecule has 0 amide bonds. The maximum Gasteiger partial charge on any atom is 0.0454 e. The maximum absolute atomic E-state index is 3.22. The molecule has 1 nitrogen and oxygen atoms in total. The van der Waals surface area contributed by atoms with Gasteiger partial charge in [-0.15, -0.1) is 0 Å². The van der Waals surface area contributed by atoms with Gasteiger partial charge in [-0.3, -0.25) is 0 Å². The fraction of sp³-hybridized carbons (Fsp3) is 0.385. The van der Waals surface area contributed by atoms with Crippen LogP contribution >= 0.6 is 0 Å². The zero-order chi connectivity index (χ0) is 9.97. The molecule has 0 saturated heterocycles. The molecule has 1 heterocycles. The van der Waals surface area contributed by atoms with Crippen molar-refractivity contribution in [2.45, 2.75) is 32.6 Å². The van der Waals surface area contributed by atoms with Crippen LogP contribution in [0.4, 0.5) is 0 Å². The molecule has 1 aromatic carbocycles. The molecular weight excluding hydrogens is 170 g/mol. The van der Waals surface area contributed by atoms with E-state index in [1.54, 1.807) is 0 Å². The number of benzene rings is 1. The number of H-pyrrole nitrogens is 1. The lowest BCUT2D eigenvalue weighted by molar-refractivity contribution is 0.643. The summed E-state index contributed by atoms with van der Waals surface area (Å²) in [5, 5.41) is 1.33. The van der Waals surface area contributed by atoms with Crippen LogP contribution in [-0.2, 0) is 0 Å². The highest BCUT2D eigenvalue weighted by Crippen LogP contribution is 2.25. The number of rotatable bonds is 3.